The van der Waals surface area contributed by atoms with Crippen LogP contribution in [-0.2, 0) is 13.2 Å². The highest BCUT2D eigenvalue weighted by Crippen LogP contribution is 2.19. The van der Waals surface area contributed by atoms with Gasteiger partial charge in [0.05, 0.1) is 13.2 Å². The van der Waals surface area contributed by atoms with Crippen molar-refractivity contribution in [3.05, 3.63) is 40.9 Å². The molecule has 0 saturated carbocycles. The van der Waals surface area contributed by atoms with Crippen molar-refractivity contribution in [1.29, 1.82) is 0 Å². The average molecular weight is 372 g/mol. The summed E-state index contributed by atoms with van der Waals surface area (Å²) in [7, 11) is 0. The van der Waals surface area contributed by atoms with Crippen molar-refractivity contribution in [2.24, 2.45) is 5.92 Å². The van der Waals surface area contributed by atoms with Crippen molar-refractivity contribution in [2.45, 2.75) is 45.8 Å². The van der Waals surface area contributed by atoms with Gasteiger partial charge in [0.15, 0.2) is 5.82 Å². The lowest BCUT2D eigenvalue weighted by atomic mass is 10.00. The van der Waals surface area contributed by atoms with Crippen LogP contribution in [0.4, 0.5) is 0 Å². The van der Waals surface area contributed by atoms with Gasteiger partial charge in [-0.1, -0.05) is 25.1 Å². The van der Waals surface area contributed by atoms with E-state index in [2.05, 4.69) is 45.6 Å². The molecule has 2 aromatic rings. The number of para-hydroxylation sites is 1. The molecule has 0 spiro atoms. The fourth-order valence-corrected chi connectivity index (χ4v) is 4.33. The Morgan fingerprint density at radius 3 is 2.38 bits per heavy atom. The van der Waals surface area contributed by atoms with Crippen molar-refractivity contribution in [3.8, 4) is 5.69 Å². The van der Waals surface area contributed by atoms with E-state index < -0.39 is 0 Å². The number of aromatic nitrogens is 3. The van der Waals surface area contributed by atoms with Crippen molar-refractivity contribution < 1.29 is 0 Å². The van der Waals surface area contributed by atoms with E-state index in [-0.39, 0.29) is 0 Å². The van der Waals surface area contributed by atoms with E-state index in [1.807, 2.05) is 10.7 Å². The summed E-state index contributed by atoms with van der Waals surface area (Å²) >= 11 is 5.85. The SMILES string of the molecule is CC1CCN(Cn2nc(CN3CCCC3)n(-c3ccccc3)c2=S)CC1. The second kappa shape index (κ2) is 8.03. The van der Waals surface area contributed by atoms with Gasteiger partial charge in [-0.2, -0.15) is 5.10 Å². The largest absolute Gasteiger partial charge is 0.296 e. The number of nitrogens with zero attached hydrogens (tertiary/aromatic N) is 5. The van der Waals surface area contributed by atoms with Crippen LogP contribution in [0.1, 0.15) is 38.4 Å². The monoisotopic (exact) mass is 371 g/mol. The Bertz CT molecular complexity index is 767. The van der Waals surface area contributed by atoms with Crippen LogP contribution in [0.3, 0.4) is 0 Å². The molecule has 1 aromatic heterocycles. The third-order valence-corrected chi connectivity index (χ3v) is 6.09. The summed E-state index contributed by atoms with van der Waals surface area (Å²) in [5.74, 6) is 1.90. The van der Waals surface area contributed by atoms with Gasteiger partial charge in [0.1, 0.15) is 0 Å². The Labute approximate surface area is 161 Å². The fourth-order valence-electron chi connectivity index (χ4n) is 4.02. The molecule has 2 saturated heterocycles. The molecule has 140 valence electrons. The summed E-state index contributed by atoms with van der Waals surface area (Å²) in [4.78, 5) is 4.97. The molecule has 0 bridgehead atoms. The minimum absolute atomic E-state index is 0.804. The molecule has 0 atom stereocenters. The summed E-state index contributed by atoms with van der Waals surface area (Å²) in [5.41, 5.74) is 1.12. The molecule has 0 radical (unpaired) electrons. The van der Waals surface area contributed by atoms with Gasteiger partial charge in [-0.05, 0) is 69.0 Å². The molecule has 2 fully saturated rings. The first-order chi connectivity index (χ1) is 12.7. The van der Waals surface area contributed by atoms with Gasteiger partial charge in [0.2, 0.25) is 4.77 Å². The number of piperidine rings is 1. The molecule has 3 heterocycles. The predicted octanol–water partition coefficient (Wildman–Crippen LogP) is 3.69. The molecule has 2 aliphatic heterocycles. The Morgan fingerprint density at radius 1 is 1.00 bits per heavy atom. The number of rotatable bonds is 5. The maximum atomic E-state index is 5.85. The van der Waals surface area contributed by atoms with E-state index in [1.54, 1.807) is 0 Å². The molecule has 0 N–H and O–H groups in total. The maximum absolute atomic E-state index is 5.85. The van der Waals surface area contributed by atoms with Crippen LogP contribution in [-0.4, -0.2) is 50.3 Å². The van der Waals surface area contributed by atoms with E-state index in [4.69, 9.17) is 17.3 Å². The third-order valence-electron chi connectivity index (χ3n) is 5.69. The van der Waals surface area contributed by atoms with Gasteiger partial charge in [0, 0.05) is 18.8 Å². The highest BCUT2D eigenvalue weighted by Gasteiger charge is 2.21. The normalized spacial score (nSPS) is 20.0. The second-order valence-corrected chi connectivity index (χ2v) is 8.16. The first-order valence-electron chi connectivity index (χ1n) is 9.89. The molecule has 0 amide bonds. The minimum Gasteiger partial charge on any atom is -0.296 e. The lowest BCUT2D eigenvalue weighted by Crippen LogP contribution is -2.34. The number of hydrogen-bond donors (Lipinski definition) is 0. The summed E-state index contributed by atoms with van der Waals surface area (Å²) < 4.78 is 5.01. The minimum atomic E-state index is 0.804. The zero-order chi connectivity index (χ0) is 17.9. The van der Waals surface area contributed by atoms with E-state index >= 15 is 0 Å². The maximum Gasteiger partial charge on any atom is 0.203 e. The Morgan fingerprint density at radius 2 is 1.69 bits per heavy atom. The fraction of sp³-hybridized carbons (Fsp3) is 0.600. The molecular weight excluding hydrogens is 342 g/mol. The smallest absolute Gasteiger partial charge is 0.203 e. The second-order valence-electron chi connectivity index (χ2n) is 7.79. The van der Waals surface area contributed by atoms with Crippen molar-refractivity contribution >= 4 is 12.2 Å². The topological polar surface area (TPSA) is 29.2 Å². The van der Waals surface area contributed by atoms with Crippen LogP contribution in [0, 0.1) is 10.7 Å². The Kier molecular flexibility index (Phi) is 5.52. The molecule has 0 aliphatic carbocycles. The first kappa shape index (κ1) is 17.9. The van der Waals surface area contributed by atoms with E-state index in [9.17, 15) is 0 Å². The van der Waals surface area contributed by atoms with Crippen molar-refractivity contribution in [2.75, 3.05) is 26.2 Å². The van der Waals surface area contributed by atoms with Crippen molar-refractivity contribution in [1.82, 2.24) is 24.1 Å². The highest BCUT2D eigenvalue weighted by atomic mass is 32.1. The number of likely N-dealkylation sites (tertiary alicyclic amines) is 2. The average Bonchev–Trinajstić information content (AvgIpc) is 3.27. The van der Waals surface area contributed by atoms with E-state index in [0.29, 0.717) is 0 Å². The quantitative estimate of drug-likeness (QED) is 0.750. The molecular formula is C20H29N5S. The zero-order valence-corrected chi connectivity index (χ0v) is 16.5. The molecule has 26 heavy (non-hydrogen) atoms. The zero-order valence-electron chi connectivity index (χ0n) is 15.7. The summed E-state index contributed by atoms with van der Waals surface area (Å²) in [5, 5.41) is 4.95. The van der Waals surface area contributed by atoms with Crippen LogP contribution in [0.2, 0.25) is 0 Å². The lowest BCUT2D eigenvalue weighted by Gasteiger charge is -2.29. The predicted molar refractivity (Wildman–Crippen MR) is 107 cm³/mol. The number of benzene rings is 1. The van der Waals surface area contributed by atoms with Gasteiger partial charge >= 0.3 is 0 Å². The van der Waals surface area contributed by atoms with E-state index in [1.165, 1.54) is 38.8 Å². The molecule has 6 heteroatoms. The van der Waals surface area contributed by atoms with Gasteiger partial charge in [-0.15, -0.1) is 0 Å². The standard InChI is InChI=1S/C20H29N5S/c1-17-9-13-23(14-10-17)16-24-20(26)25(18-7-3-2-4-8-18)19(21-24)15-22-11-5-6-12-22/h2-4,7-8,17H,5-6,9-16H2,1H3. The van der Waals surface area contributed by atoms with Crippen LogP contribution < -0.4 is 0 Å². The van der Waals surface area contributed by atoms with Crippen LogP contribution in [0.25, 0.3) is 5.69 Å². The highest BCUT2D eigenvalue weighted by molar-refractivity contribution is 7.71. The Balaban J connectivity index is 1.62. The molecule has 0 unspecified atom stereocenters. The van der Waals surface area contributed by atoms with Gasteiger partial charge in [0.25, 0.3) is 0 Å². The van der Waals surface area contributed by atoms with Crippen LogP contribution in [0.15, 0.2) is 30.3 Å². The molecule has 5 nitrogen and oxygen atoms in total. The molecule has 4 rings (SSSR count). The summed E-state index contributed by atoms with van der Waals surface area (Å²) in [6.45, 7) is 8.64. The molecule has 1 aromatic carbocycles. The Hall–Kier alpha value is -1.50. The third kappa shape index (κ3) is 3.92. The van der Waals surface area contributed by atoms with Gasteiger partial charge < -0.3 is 0 Å². The van der Waals surface area contributed by atoms with Crippen LogP contribution in [0.5, 0.6) is 0 Å². The van der Waals surface area contributed by atoms with Gasteiger partial charge in [-0.25, -0.2) is 4.68 Å². The van der Waals surface area contributed by atoms with Crippen LogP contribution >= 0.6 is 12.2 Å². The van der Waals surface area contributed by atoms with E-state index in [0.717, 1.165) is 48.5 Å². The summed E-state index contributed by atoms with van der Waals surface area (Å²) in [6, 6.07) is 10.4. The van der Waals surface area contributed by atoms with Gasteiger partial charge in [-0.3, -0.25) is 14.4 Å². The van der Waals surface area contributed by atoms with Crippen molar-refractivity contribution in [3.63, 3.8) is 0 Å². The molecule has 2 aliphatic rings. The first-order valence-corrected chi connectivity index (χ1v) is 10.3. The number of hydrogen-bond acceptors (Lipinski definition) is 4. The lowest BCUT2D eigenvalue weighted by molar-refractivity contribution is 0.145. The summed E-state index contributed by atoms with van der Waals surface area (Å²) in [6.07, 6.45) is 5.12.